The first-order valence-electron chi connectivity index (χ1n) is 7.26. The summed E-state index contributed by atoms with van der Waals surface area (Å²) in [5, 5.41) is 3.77. The number of hydrogen-bond acceptors (Lipinski definition) is 2. The summed E-state index contributed by atoms with van der Waals surface area (Å²) >= 11 is 0. The second-order valence-corrected chi connectivity index (χ2v) is 7.02. The van der Waals surface area contributed by atoms with Gasteiger partial charge in [0.2, 0.25) is 0 Å². The van der Waals surface area contributed by atoms with Crippen molar-refractivity contribution in [1.82, 2.24) is 10.2 Å². The Kier molecular flexibility index (Phi) is 5.03. The molecule has 1 heterocycles. The van der Waals surface area contributed by atoms with Crippen LogP contribution in [-0.2, 0) is 0 Å². The molecule has 1 N–H and O–H groups in total. The van der Waals surface area contributed by atoms with E-state index < -0.39 is 0 Å². The molecule has 1 saturated heterocycles. The van der Waals surface area contributed by atoms with E-state index in [4.69, 9.17) is 0 Å². The molecule has 0 saturated carbocycles. The molecule has 1 rings (SSSR count). The molecular formula is C15H32N2. The van der Waals surface area contributed by atoms with Crippen molar-refractivity contribution in [3.63, 3.8) is 0 Å². The van der Waals surface area contributed by atoms with Gasteiger partial charge in [0.1, 0.15) is 0 Å². The number of likely N-dealkylation sites (N-methyl/N-ethyl adjacent to an activating group) is 1. The fraction of sp³-hybridized carbons (Fsp3) is 1.00. The normalized spacial score (nSPS) is 27.7. The average molecular weight is 240 g/mol. The van der Waals surface area contributed by atoms with Crippen LogP contribution in [0.4, 0.5) is 0 Å². The third-order valence-electron chi connectivity index (χ3n) is 4.53. The number of rotatable bonds is 5. The van der Waals surface area contributed by atoms with E-state index in [0.29, 0.717) is 17.0 Å². The van der Waals surface area contributed by atoms with E-state index >= 15 is 0 Å². The number of nitrogens with zero attached hydrogens (tertiary/aromatic N) is 1. The largest absolute Gasteiger partial charge is 0.310 e. The lowest BCUT2D eigenvalue weighted by Gasteiger charge is -2.41. The van der Waals surface area contributed by atoms with E-state index in [2.05, 4.69) is 51.9 Å². The van der Waals surface area contributed by atoms with Crippen LogP contribution in [0.25, 0.3) is 0 Å². The summed E-state index contributed by atoms with van der Waals surface area (Å²) in [4.78, 5) is 2.55. The maximum absolute atomic E-state index is 3.77. The fourth-order valence-corrected chi connectivity index (χ4v) is 3.05. The summed E-state index contributed by atoms with van der Waals surface area (Å²) in [6.07, 6.45) is 5.29. The number of hydrogen-bond donors (Lipinski definition) is 1. The molecule has 0 spiro atoms. The quantitative estimate of drug-likeness (QED) is 0.793. The SMILES string of the molecule is CCCC1(CN(C)C(C)C(C)(C)C)CCCN1. The van der Waals surface area contributed by atoms with Crippen LogP contribution >= 0.6 is 0 Å². The highest BCUT2D eigenvalue weighted by atomic mass is 15.2. The highest BCUT2D eigenvalue weighted by Crippen LogP contribution is 2.29. The minimum atomic E-state index is 0.362. The van der Waals surface area contributed by atoms with Crippen molar-refractivity contribution >= 4 is 0 Å². The van der Waals surface area contributed by atoms with Crippen molar-refractivity contribution in [3.05, 3.63) is 0 Å². The van der Waals surface area contributed by atoms with Crippen LogP contribution in [0.2, 0.25) is 0 Å². The van der Waals surface area contributed by atoms with Crippen LogP contribution in [0.3, 0.4) is 0 Å². The van der Waals surface area contributed by atoms with E-state index in [0.717, 1.165) is 0 Å². The molecule has 1 aliphatic rings. The zero-order chi connectivity index (χ0) is 13.1. The molecule has 0 aromatic heterocycles. The minimum absolute atomic E-state index is 0.362. The van der Waals surface area contributed by atoms with Gasteiger partial charge < -0.3 is 10.2 Å². The highest BCUT2D eigenvalue weighted by Gasteiger charge is 2.36. The Morgan fingerprint density at radius 1 is 1.35 bits per heavy atom. The van der Waals surface area contributed by atoms with Gasteiger partial charge in [0.15, 0.2) is 0 Å². The first kappa shape index (κ1) is 15.0. The third-order valence-corrected chi connectivity index (χ3v) is 4.53. The van der Waals surface area contributed by atoms with Crippen molar-refractivity contribution in [2.24, 2.45) is 5.41 Å². The third kappa shape index (κ3) is 3.96. The summed E-state index contributed by atoms with van der Waals surface area (Å²) in [5.41, 5.74) is 0.754. The van der Waals surface area contributed by atoms with Gasteiger partial charge in [0, 0.05) is 18.1 Å². The molecule has 0 amide bonds. The highest BCUT2D eigenvalue weighted by molar-refractivity contribution is 4.96. The van der Waals surface area contributed by atoms with Crippen molar-refractivity contribution in [1.29, 1.82) is 0 Å². The Morgan fingerprint density at radius 3 is 2.41 bits per heavy atom. The Labute approximate surface area is 108 Å². The first-order chi connectivity index (χ1) is 7.81. The monoisotopic (exact) mass is 240 g/mol. The predicted molar refractivity (Wildman–Crippen MR) is 76.4 cm³/mol. The summed E-state index contributed by atoms with van der Waals surface area (Å²) in [7, 11) is 2.29. The molecule has 0 aliphatic carbocycles. The van der Waals surface area contributed by atoms with Crippen molar-refractivity contribution in [2.45, 2.75) is 71.9 Å². The van der Waals surface area contributed by atoms with Gasteiger partial charge in [-0.25, -0.2) is 0 Å². The van der Waals surface area contributed by atoms with Crippen molar-refractivity contribution in [3.8, 4) is 0 Å². The van der Waals surface area contributed by atoms with E-state index in [9.17, 15) is 0 Å². The lowest BCUT2D eigenvalue weighted by molar-refractivity contribution is 0.104. The molecule has 2 heteroatoms. The summed E-state index contributed by atoms with van der Waals surface area (Å²) < 4.78 is 0. The second kappa shape index (κ2) is 5.71. The molecule has 2 nitrogen and oxygen atoms in total. The molecule has 0 aromatic carbocycles. The molecule has 1 aliphatic heterocycles. The smallest absolute Gasteiger partial charge is 0.0309 e. The molecule has 102 valence electrons. The lowest BCUT2D eigenvalue weighted by Crippen LogP contribution is -2.52. The van der Waals surface area contributed by atoms with E-state index in [1.807, 2.05) is 0 Å². The van der Waals surface area contributed by atoms with Crippen molar-refractivity contribution < 1.29 is 0 Å². The van der Waals surface area contributed by atoms with Gasteiger partial charge in [-0.1, -0.05) is 34.1 Å². The summed E-state index contributed by atoms with van der Waals surface area (Å²) in [5.74, 6) is 0. The maximum Gasteiger partial charge on any atom is 0.0309 e. The topological polar surface area (TPSA) is 15.3 Å². The molecular weight excluding hydrogens is 208 g/mol. The van der Waals surface area contributed by atoms with Crippen LogP contribution in [-0.4, -0.2) is 36.6 Å². The average Bonchev–Trinajstić information content (AvgIpc) is 2.64. The van der Waals surface area contributed by atoms with Gasteiger partial charge in [-0.05, 0) is 45.2 Å². The first-order valence-corrected chi connectivity index (χ1v) is 7.26. The van der Waals surface area contributed by atoms with Crippen LogP contribution in [0.5, 0.6) is 0 Å². The summed E-state index contributed by atoms with van der Waals surface area (Å²) in [6, 6.07) is 0.624. The number of nitrogens with one attached hydrogen (secondary N) is 1. The van der Waals surface area contributed by atoms with E-state index in [1.54, 1.807) is 0 Å². The second-order valence-electron chi connectivity index (χ2n) is 7.02. The molecule has 0 radical (unpaired) electrons. The van der Waals surface area contributed by atoms with Gasteiger partial charge in [-0.2, -0.15) is 0 Å². The molecule has 17 heavy (non-hydrogen) atoms. The molecule has 0 bridgehead atoms. The lowest BCUT2D eigenvalue weighted by atomic mass is 9.85. The molecule has 2 atom stereocenters. The van der Waals surface area contributed by atoms with Gasteiger partial charge in [0.25, 0.3) is 0 Å². The van der Waals surface area contributed by atoms with Gasteiger partial charge in [0.05, 0.1) is 0 Å². The zero-order valence-electron chi connectivity index (χ0n) is 12.8. The van der Waals surface area contributed by atoms with Crippen LogP contribution in [0.1, 0.15) is 60.3 Å². The van der Waals surface area contributed by atoms with Crippen molar-refractivity contribution in [2.75, 3.05) is 20.1 Å². The Balaban J connectivity index is 2.61. The molecule has 2 unspecified atom stereocenters. The van der Waals surface area contributed by atoms with Gasteiger partial charge in [-0.15, -0.1) is 0 Å². The van der Waals surface area contributed by atoms with E-state index in [1.165, 1.54) is 38.8 Å². The Morgan fingerprint density at radius 2 is 2.00 bits per heavy atom. The predicted octanol–water partition coefficient (Wildman–Crippen LogP) is 3.28. The van der Waals surface area contributed by atoms with Crippen LogP contribution in [0.15, 0.2) is 0 Å². The Bertz CT molecular complexity index is 224. The Hall–Kier alpha value is -0.0800. The fourth-order valence-electron chi connectivity index (χ4n) is 3.05. The van der Waals surface area contributed by atoms with Gasteiger partial charge >= 0.3 is 0 Å². The maximum atomic E-state index is 3.77. The van der Waals surface area contributed by atoms with Gasteiger partial charge in [-0.3, -0.25) is 0 Å². The van der Waals surface area contributed by atoms with E-state index in [-0.39, 0.29) is 0 Å². The minimum Gasteiger partial charge on any atom is -0.310 e. The summed E-state index contributed by atoms with van der Waals surface area (Å²) in [6.45, 7) is 14.1. The van der Waals surface area contributed by atoms with Crippen LogP contribution < -0.4 is 5.32 Å². The zero-order valence-corrected chi connectivity index (χ0v) is 12.8. The molecule has 0 aromatic rings. The molecule has 1 fully saturated rings. The van der Waals surface area contributed by atoms with Crippen LogP contribution in [0, 0.1) is 5.41 Å². The standard InChI is InChI=1S/C15H32N2/c1-7-9-15(10-8-11-16-15)12-17(6)13(2)14(3,4)5/h13,16H,7-12H2,1-6H3.